The Hall–Kier alpha value is -4.05. The van der Waals surface area contributed by atoms with Crippen LogP contribution in [-0.4, -0.2) is 53.9 Å². The highest BCUT2D eigenvalue weighted by Crippen LogP contribution is 2.49. The number of carbonyl (C=O) groups excluding carboxylic acids is 2. The van der Waals surface area contributed by atoms with Gasteiger partial charge in [0.15, 0.2) is 11.5 Å². The van der Waals surface area contributed by atoms with Crippen molar-refractivity contribution < 1.29 is 33.3 Å². The highest BCUT2D eigenvalue weighted by molar-refractivity contribution is 7.99. The zero-order valence-electron chi connectivity index (χ0n) is 21.9. The van der Waals surface area contributed by atoms with Gasteiger partial charge in [-0.1, -0.05) is 12.1 Å². The molecule has 0 saturated heterocycles. The van der Waals surface area contributed by atoms with Crippen LogP contribution in [0.15, 0.2) is 59.5 Å². The molecular formula is C28H30N2O7S. The van der Waals surface area contributed by atoms with Crippen LogP contribution in [0.5, 0.6) is 28.7 Å². The van der Waals surface area contributed by atoms with Gasteiger partial charge in [-0.15, -0.1) is 11.8 Å². The molecule has 0 bridgehead atoms. The molecule has 1 aliphatic heterocycles. The number of hydrogen-bond donors (Lipinski definition) is 1. The van der Waals surface area contributed by atoms with Gasteiger partial charge in [-0.25, -0.2) is 0 Å². The summed E-state index contributed by atoms with van der Waals surface area (Å²) in [7, 11) is 7.72. The Morgan fingerprint density at radius 3 is 2.21 bits per heavy atom. The van der Waals surface area contributed by atoms with Crippen LogP contribution in [0, 0.1) is 0 Å². The Kier molecular flexibility index (Phi) is 8.52. The van der Waals surface area contributed by atoms with E-state index in [2.05, 4.69) is 5.32 Å². The van der Waals surface area contributed by atoms with Gasteiger partial charge >= 0.3 is 0 Å². The molecule has 9 nitrogen and oxygen atoms in total. The number of thioether (sulfide) groups is 1. The van der Waals surface area contributed by atoms with Crippen molar-refractivity contribution in [1.29, 1.82) is 0 Å². The first-order chi connectivity index (χ1) is 18.4. The van der Waals surface area contributed by atoms with E-state index in [1.807, 2.05) is 36.4 Å². The second-order valence-electron chi connectivity index (χ2n) is 8.33. The summed E-state index contributed by atoms with van der Waals surface area (Å²) < 4.78 is 27.1. The number of anilines is 2. The number of carbonyl (C=O) groups is 2. The molecule has 1 heterocycles. The normalized spacial score (nSPS) is 14.7. The molecule has 4 rings (SSSR count). The maximum absolute atomic E-state index is 13.6. The van der Waals surface area contributed by atoms with Crippen LogP contribution < -0.4 is 33.9 Å². The van der Waals surface area contributed by atoms with E-state index in [0.717, 1.165) is 10.5 Å². The molecule has 3 aromatic rings. The Morgan fingerprint density at radius 2 is 1.58 bits per heavy atom. The molecule has 0 radical (unpaired) electrons. The molecular weight excluding hydrogens is 508 g/mol. The lowest BCUT2D eigenvalue weighted by atomic mass is 10.1. The van der Waals surface area contributed by atoms with Crippen molar-refractivity contribution in [3.63, 3.8) is 0 Å². The molecule has 1 N–H and O–H groups in total. The number of rotatable bonds is 9. The Balaban J connectivity index is 1.63. The van der Waals surface area contributed by atoms with Crippen LogP contribution >= 0.6 is 11.8 Å². The van der Waals surface area contributed by atoms with Crippen molar-refractivity contribution in [3.05, 3.63) is 60.2 Å². The van der Waals surface area contributed by atoms with Crippen LogP contribution in [0.1, 0.15) is 17.2 Å². The smallest absolute Gasteiger partial charge is 0.244 e. The zero-order valence-corrected chi connectivity index (χ0v) is 22.7. The lowest BCUT2D eigenvalue weighted by molar-refractivity contribution is -0.121. The Morgan fingerprint density at radius 1 is 0.895 bits per heavy atom. The lowest BCUT2D eigenvalue weighted by Crippen LogP contribution is -2.38. The summed E-state index contributed by atoms with van der Waals surface area (Å²) in [6.45, 7) is -0.168. The minimum absolute atomic E-state index is 0.160. The second kappa shape index (κ2) is 12.0. The summed E-state index contributed by atoms with van der Waals surface area (Å²) in [5, 5.41) is 2.60. The van der Waals surface area contributed by atoms with Gasteiger partial charge in [0.05, 0.1) is 46.9 Å². The summed E-state index contributed by atoms with van der Waals surface area (Å²) in [6, 6.07) is 16.4. The lowest BCUT2D eigenvalue weighted by Gasteiger charge is -2.22. The third-order valence-electron chi connectivity index (χ3n) is 6.13. The molecule has 0 aliphatic carbocycles. The molecule has 0 aromatic heterocycles. The van der Waals surface area contributed by atoms with Crippen LogP contribution in [0.25, 0.3) is 0 Å². The number of amides is 2. The molecule has 0 fully saturated rings. The maximum Gasteiger partial charge on any atom is 0.244 e. The minimum atomic E-state index is -0.365. The van der Waals surface area contributed by atoms with Crippen LogP contribution in [0.3, 0.4) is 0 Å². The maximum atomic E-state index is 13.6. The van der Waals surface area contributed by atoms with Crippen LogP contribution in [0.2, 0.25) is 0 Å². The molecule has 200 valence electrons. The number of fused-ring (bicyclic) bond motifs is 1. The average Bonchev–Trinajstić information content (AvgIpc) is 3.08. The van der Waals surface area contributed by atoms with Crippen molar-refractivity contribution in [2.75, 3.05) is 52.3 Å². The summed E-state index contributed by atoms with van der Waals surface area (Å²) in [4.78, 5) is 29.1. The topological polar surface area (TPSA) is 95.6 Å². The molecule has 1 unspecified atom stereocenters. The van der Waals surface area contributed by atoms with Crippen LogP contribution in [0.4, 0.5) is 11.4 Å². The van der Waals surface area contributed by atoms with Gasteiger partial charge in [-0.3, -0.25) is 9.59 Å². The van der Waals surface area contributed by atoms with E-state index in [1.54, 1.807) is 58.4 Å². The molecule has 38 heavy (non-hydrogen) atoms. The summed E-state index contributed by atoms with van der Waals surface area (Å²) in [5.41, 5.74) is 1.97. The standard InChI is InChI=1S/C28H30N2O7S/c1-33-18-10-11-21(34-2)19(14-18)29-26(31)16-30-20-8-6-7-9-24(20)38-25(15-27(30)32)17-12-22(35-3)28(37-5)23(13-17)36-4/h6-14,25H,15-16H2,1-5H3,(H,29,31). The molecule has 0 spiro atoms. The number of nitrogens with one attached hydrogen (secondary N) is 1. The van der Waals surface area contributed by atoms with Gasteiger partial charge in [0.2, 0.25) is 17.6 Å². The minimum Gasteiger partial charge on any atom is -0.497 e. The van der Waals surface area contributed by atoms with Crippen molar-refractivity contribution in [1.82, 2.24) is 0 Å². The Bertz CT molecular complexity index is 1310. The third-order valence-corrected chi connectivity index (χ3v) is 7.45. The monoisotopic (exact) mass is 538 g/mol. The van der Waals surface area contributed by atoms with E-state index in [0.29, 0.717) is 40.1 Å². The van der Waals surface area contributed by atoms with Crippen molar-refractivity contribution in [2.24, 2.45) is 0 Å². The molecule has 10 heteroatoms. The predicted molar refractivity (Wildman–Crippen MR) is 146 cm³/mol. The number of para-hydroxylation sites is 1. The quantitative estimate of drug-likeness (QED) is 0.410. The summed E-state index contributed by atoms with van der Waals surface area (Å²) in [5.74, 6) is 2.01. The largest absolute Gasteiger partial charge is 0.497 e. The summed E-state index contributed by atoms with van der Waals surface area (Å²) >= 11 is 1.55. The first-order valence-corrected chi connectivity index (χ1v) is 12.7. The average molecular weight is 539 g/mol. The van der Waals surface area contributed by atoms with Gasteiger partial charge < -0.3 is 33.9 Å². The summed E-state index contributed by atoms with van der Waals surface area (Å²) in [6.07, 6.45) is 0.160. The van der Waals surface area contributed by atoms with Gasteiger partial charge in [-0.2, -0.15) is 0 Å². The van der Waals surface area contributed by atoms with Gasteiger partial charge in [0.25, 0.3) is 0 Å². The van der Waals surface area contributed by atoms with Gasteiger partial charge in [0.1, 0.15) is 18.0 Å². The molecule has 2 amide bonds. The fourth-order valence-corrected chi connectivity index (χ4v) is 5.53. The molecule has 1 atom stereocenters. The number of benzene rings is 3. The highest BCUT2D eigenvalue weighted by atomic mass is 32.2. The van der Waals surface area contributed by atoms with Crippen molar-refractivity contribution in [2.45, 2.75) is 16.6 Å². The molecule has 0 saturated carbocycles. The second-order valence-corrected chi connectivity index (χ2v) is 9.58. The highest BCUT2D eigenvalue weighted by Gasteiger charge is 2.31. The van der Waals surface area contributed by atoms with Gasteiger partial charge in [-0.05, 0) is 42.0 Å². The predicted octanol–water partition coefficient (Wildman–Crippen LogP) is 4.94. The molecule has 3 aromatic carbocycles. The zero-order chi connectivity index (χ0) is 27.2. The van der Waals surface area contributed by atoms with Crippen LogP contribution in [-0.2, 0) is 9.59 Å². The number of nitrogens with zero attached hydrogens (tertiary/aromatic N) is 1. The number of methoxy groups -OCH3 is 5. The van der Waals surface area contributed by atoms with Gasteiger partial charge in [0, 0.05) is 22.6 Å². The van der Waals surface area contributed by atoms with E-state index in [4.69, 9.17) is 23.7 Å². The Labute approximate surface area is 226 Å². The third kappa shape index (κ3) is 5.60. The molecule has 1 aliphatic rings. The number of hydrogen-bond acceptors (Lipinski definition) is 8. The van der Waals surface area contributed by atoms with E-state index in [1.165, 1.54) is 12.0 Å². The fourth-order valence-electron chi connectivity index (χ4n) is 4.27. The van der Waals surface area contributed by atoms with E-state index in [-0.39, 0.29) is 30.0 Å². The van der Waals surface area contributed by atoms with E-state index in [9.17, 15) is 9.59 Å². The fraction of sp³-hybridized carbons (Fsp3) is 0.286. The first kappa shape index (κ1) is 27.0. The number of ether oxygens (including phenoxy) is 5. The van der Waals surface area contributed by atoms with E-state index >= 15 is 0 Å². The van der Waals surface area contributed by atoms with Crippen molar-refractivity contribution in [3.8, 4) is 28.7 Å². The van der Waals surface area contributed by atoms with Crippen molar-refractivity contribution >= 4 is 35.0 Å². The SMILES string of the molecule is COc1ccc(OC)c(NC(=O)CN2C(=O)CC(c3cc(OC)c(OC)c(OC)c3)Sc3ccccc32)c1. The van der Waals surface area contributed by atoms with E-state index < -0.39 is 0 Å². The first-order valence-electron chi connectivity index (χ1n) is 11.8.